The van der Waals surface area contributed by atoms with Crippen molar-refractivity contribution < 1.29 is 19.7 Å². The Hall–Kier alpha value is -3.77. The molecule has 0 bridgehead atoms. The summed E-state index contributed by atoms with van der Waals surface area (Å²) in [5, 5.41) is 24.2. The molecule has 0 radical (unpaired) electrons. The molecule has 0 saturated carbocycles. The van der Waals surface area contributed by atoms with Gasteiger partial charge in [-0.1, -0.05) is 50.2 Å². The highest BCUT2D eigenvalue weighted by Crippen LogP contribution is 2.31. The van der Waals surface area contributed by atoms with Crippen molar-refractivity contribution in [1.82, 2.24) is 9.88 Å². The maximum atomic E-state index is 12.5. The molecule has 34 heavy (non-hydrogen) atoms. The molecular weight excluding hydrogens is 428 g/mol. The van der Waals surface area contributed by atoms with Crippen LogP contribution in [0.2, 0.25) is 0 Å². The minimum atomic E-state index is -0.954. The summed E-state index contributed by atoms with van der Waals surface area (Å²) in [7, 11) is 1.63. The lowest BCUT2D eigenvalue weighted by atomic mass is 10.0. The smallest absolute Gasteiger partial charge is 0.352 e. The van der Waals surface area contributed by atoms with E-state index in [1.165, 1.54) is 0 Å². The van der Waals surface area contributed by atoms with E-state index in [9.17, 15) is 15.0 Å². The zero-order valence-electron chi connectivity index (χ0n) is 19.7. The Kier molecular flexibility index (Phi) is 6.89. The van der Waals surface area contributed by atoms with E-state index in [2.05, 4.69) is 31.3 Å². The second kappa shape index (κ2) is 10.0. The summed E-state index contributed by atoms with van der Waals surface area (Å²) in [5.74, 6) is 0.348. The largest absolute Gasteiger partial charge is 0.508 e. The normalized spacial score (nSPS) is 11.3. The van der Waals surface area contributed by atoms with E-state index in [4.69, 9.17) is 4.74 Å². The molecule has 1 aromatic heterocycles. The molecule has 6 nitrogen and oxygen atoms in total. The van der Waals surface area contributed by atoms with Gasteiger partial charge in [-0.25, -0.2) is 4.79 Å². The number of aromatic carboxylic acids is 1. The number of carboxylic acid groups (broad SMARTS) is 1. The second-order valence-electron chi connectivity index (χ2n) is 8.77. The van der Waals surface area contributed by atoms with Gasteiger partial charge in [0.25, 0.3) is 0 Å². The number of phenolic OH excluding ortho intramolecular Hbond substituents is 1. The predicted octanol–water partition coefficient (Wildman–Crippen LogP) is 5.52. The third-order valence-corrected chi connectivity index (χ3v) is 6.10. The lowest BCUT2D eigenvalue weighted by molar-refractivity contribution is 0.0684. The molecule has 0 aliphatic heterocycles. The summed E-state index contributed by atoms with van der Waals surface area (Å²) >= 11 is 0. The maximum absolute atomic E-state index is 12.5. The molecule has 0 aliphatic carbocycles. The average Bonchev–Trinajstić information content (AvgIpc) is 3.12. The molecule has 6 heteroatoms. The molecule has 0 fully saturated rings. The molecular formula is C28H30N2O4. The van der Waals surface area contributed by atoms with E-state index >= 15 is 0 Å². The van der Waals surface area contributed by atoms with E-state index in [1.807, 2.05) is 41.0 Å². The fourth-order valence-corrected chi connectivity index (χ4v) is 4.30. The van der Waals surface area contributed by atoms with Crippen molar-refractivity contribution in [3.8, 4) is 11.5 Å². The molecule has 0 aliphatic rings. The number of hydrogen-bond donors (Lipinski definition) is 3. The third kappa shape index (κ3) is 4.92. The van der Waals surface area contributed by atoms with Gasteiger partial charge in [0, 0.05) is 36.1 Å². The molecule has 1 heterocycles. The van der Waals surface area contributed by atoms with Crippen LogP contribution in [0.25, 0.3) is 10.9 Å². The first-order valence-electron chi connectivity index (χ1n) is 11.4. The number of methoxy groups -OCH3 is 1. The number of nitrogens with zero attached hydrogens (tertiary/aromatic N) is 1. The van der Waals surface area contributed by atoms with Crippen molar-refractivity contribution >= 4 is 16.9 Å². The Morgan fingerprint density at radius 3 is 2.41 bits per heavy atom. The number of nitrogens with one attached hydrogen (secondary N) is 1. The van der Waals surface area contributed by atoms with E-state index < -0.39 is 5.97 Å². The number of carboxylic acids is 1. The number of hydrogen-bond acceptors (Lipinski definition) is 4. The maximum Gasteiger partial charge on any atom is 0.352 e. The molecule has 4 rings (SSSR count). The Labute approximate surface area is 199 Å². The highest BCUT2D eigenvalue weighted by molar-refractivity contribution is 5.98. The first-order valence-corrected chi connectivity index (χ1v) is 11.4. The second-order valence-corrected chi connectivity index (χ2v) is 8.77. The van der Waals surface area contributed by atoms with Crippen LogP contribution in [0.15, 0.2) is 66.7 Å². The van der Waals surface area contributed by atoms with Crippen molar-refractivity contribution in [2.45, 2.75) is 39.4 Å². The van der Waals surface area contributed by atoms with Crippen LogP contribution in [0.5, 0.6) is 11.5 Å². The number of ether oxygens (including phenoxy) is 1. The van der Waals surface area contributed by atoms with Gasteiger partial charge in [-0.15, -0.1) is 0 Å². The summed E-state index contributed by atoms with van der Waals surface area (Å²) in [6.45, 7) is 5.62. The molecule has 0 amide bonds. The fraction of sp³-hybridized carbons (Fsp3) is 0.250. The number of benzene rings is 3. The average molecular weight is 459 g/mol. The molecule has 0 saturated heterocycles. The van der Waals surface area contributed by atoms with Crippen LogP contribution in [0.4, 0.5) is 0 Å². The van der Waals surface area contributed by atoms with Crippen LogP contribution in [0.3, 0.4) is 0 Å². The highest BCUT2D eigenvalue weighted by Gasteiger charge is 2.23. The van der Waals surface area contributed by atoms with Crippen molar-refractivity contribution in [3.63, 3.8) is 0 Å². The lowest BCUT2D eigenvalue weighted by Gasteiger charge is -2.12. The minimum absolute atomic E-state index is 0.211. The number of carbonyl (C=O) groups is 1. The van der Waals surface area contributed by atoms with Crippen molar-refractivity contribution in [1.29, 1.82) is 0 Å². The van der Waals surface area contributed by atoms with E-state index in [0.29, 0.717) is 25.6 Å². The summed E-state index contributed by atoms with van der Waals surface area (Å²) in [6.07, 6.45) is 0. The molecule has 3 N–H and O–H groups in total. The van der Waals surface area contributed by atoms with Crippen LogP contribution in [0.1, 0.15) is 52.5 Å². The van der Waals surface area contributed by atoms with Crippen molar-refractivity contribution in [2.24, 2.45) is 0 Å². The van der Waals surface area contributed by atoms with Gasteiger partial charge in [0.15, 0.2) is 0 Å². The Balaban J connectivity index is 1.75. The SMILES string of the molecule is COc1ccc(Cn2c(C(=O)O)c(CNCc3cccc(O)c3)c3ccc(C(C)C)cc32)cc1. The number of rotatable bonds is 9. The Bertz CT molecular complexity index is 1310. The van der Waals surface area contributed by atoms with Crippen molar-refractivity contribution in [3.05, 3.63) is 94.7 Å². The first kappa shape index (κ1) is 23.4. The van der Waals surface area contributed by atoms with Crippen molar-refractivity contribution in [2.75, 3.05) is 7.11 Å². The molecule has 0 spiro atoms. The standard InChI is InChI=1S/C28H30N2O4/c1-18(2)21-9-12-24-25(16-29-15-20-5-4-6-22(31)13-20)27(28(32)33)30(26(24)14-21)17-19-7-10-23(34-3)11-8-19/h4-14,18,29,31H,15-17H2,1-3H3,(H,32,33). The zero-order valence-corrected chi connectivity index (χ0v) is 19.7. The monoisotopic (exact) mass is 458 g/mol. The summed E-state index contributed by atoms with van der Waals surface area (Å²) in [6, 6.07) is 21.0. The van der Waals surface area contributed by atoms with Gasteiger partial charge >= 0.3 is 5.97 Å². The zero-order chi connectivity index (χ0) is 24.2. The van der Waals surface area contributed by atoms with Gasteiger partial charge in [-0.2, -0.15) is 0 Å². The molecule has 0 unspecified atom stereocenters. The third-order valence-electron chi connectivity index (χ3n) is 6.10. The number of phenols is 1. The topological polar surface area (TPSA) is 83.7 Å². The summed E-state index contributed by atoms with van der Waals surface area (Å²) in [5.41, 5.74) is 5.04. The van der Waals surface area contributed by atoms with Gasteiger partial charge in [0.05, 0.1) is 7.11 Å². The van der Waals surface area contributed by atoms with Crippen LogP contribution in [-0.2, 0) is 19.6 Å². The van der Waals surface area contributed by atoms with Crippen LogP contribution in [-0.4, -0.2) is 27.9 Å². The Morgan fingerprint density at radius 1 is 1.00 bits per heavy atom. The molecule has 0 atom stereocenters. The molecule has 176 valence electrons. The number of aromatic hydroxyl groups is 1. The van der Waals surface area contributed by atoms with Gasteiger partial charge < -0.3 is 24.8 Å². The minimum Gasteiger partial charge on any atom is -0.508 e. The molecule has 4 aromatic rings. The van der Waals surface area contributed by atoms with Crippen LogP contribution < -0.4 is 10.1 Å². The Morgan fingerprint density at radius 2 is 1.76 bits per heavy atom. The molecule has 3 aromatic carbocycles. The fourth-order valence-electron chi connectivity index (χ4n) is 4.30. The number of aromatic nitrogens is 1. The summed E-state index contributed by atoms with van der Waals surface area (Å²) < 4.78 is 7.16. The van der Waals surface area contributed by atoms with Crippen LogP contribution in [0, 0.1) is 0 Å². The van der Waals surface area contributed by atoms with Gasteiger partial charge in [-0.3, -0.25) is 0 Å². The van der Waals surface area contributed by atoms with E-state index in [0.717, 1.165) is 38.9 Å². The predicted molar refractivity (Wildman–Crippen MR) is 134 cm³/mol. The van der Waals surface area contributed by atoms with E-state index in [1.54, 1.807) is 25.3 Å². The van der Waals surface area contributed by atoms with E-state index in [-0.39, 0.29) is 11.4 Å². The number of fused-ring (bicyclic) bond motifs is 1. The van der Waals surface area contributed by atoms with Gasteiger partial charge in [0.2, 0.25) is 0 Å². The van der Waals surface area contributed by atoms with Crippen LogP contribution >= 0.6 is 0 Å². The van der Waals surface area contributed by atoms with Gasteiger partial charge in [0.1, 0.15) is 17.2 Å². The highest BCUT2D eigenvalue weighted by atomic mass is 16.5. The first-order chi connectivity index (χ1) is 16.4. The summed E-state index contributed by atoms with van der Waals surface area (Å²) in [4.78, 5) is 12.5. The quantitative estimate of drug-likeness (QED) is 0.308. The van der Waals surface area contributed by atoms with Gasteiger partial charge in [-0.05, 0) is 52.9 Å². The lowest BCUT2D eigenvalue weighted by Crippen LogP contribution is -2.17.